The van der Waals surface area contributed by atoms with E-state index < -0.39 is 11.9 Å². The second-order valence-electron chi connectivity index (χ2n) is 6.51. The number of ether oxygens (including phenoxy) is 1. The minimum absolute atomic E-state index is 0.0234. The van der Waals surface area contributed by atoms with Crippen LogP contribution in [0.15, 0.2) is 82.3 Å². The molecular weight excluding hydrogens is 398 g/mol. The molecule has 0 aliphatic rings. The Morgan fingerprint density at radius 3 is 2.58 bits per heavy atom. The van der Waals surface area contributed by atoms with Crippen molar-refractivity contribution in [1.29, 1.82) is 0 Å². The Balaban J connectivity index is 1.81. The van der Waals surface area contributed by atoms with Crippen molar-refractivity contribution >= 4 is 34.4 Å². The monoisotopic (exact) mass is 415 g/mol. The summed E-state index contributed by atoms with van der Waals surface area (Å²) in [4.78, 5) is 33.1. The molecule has 8 nitrogen and oxygen atoms in total. The first-order chi connectivity index (χ1) is 15.0. The summed E-state index contributed by atoms with van der Waals surface area (Å²) in [5.41, 5.74) is 1.41. The highest BCUT2D eigenvalue weighted by Crippen LogP contribution is 2.21. The van der Waals surface area contributed by atoms with Crippen LogP contribution in [-0.4, -0.2) is 29.1 Å². The minimum atomic E-state index is -0.465. The van der Waals surface area contributed by atoms with Gasteiger partial charge >= 0.3 is 5.97 Å². The lowest BCUT2D eigenvalue weighted by molar-refractivity contribution is 0.0600. The third kappa shape index (κ3) is 4.43. The van der Waals surface area contributed by atoms with Crippen LogP contribution < -0.4 is 10.9 Å². The van der Waals surface area contributed by atoms with Crippen LogP contribution in [0.2, 0.25) is 0 Å². The Bertz CT molecular complexity index is 1330. The Labute approximate surface area is 176 Å². The SMILES string of the molecule is COC(=O)c1ccc(N=c2oc3cc(O)ccc3cc2C(=O)Nc2ccccn2)cc1. The van der Waals surface area contributed by atoms with Gasteiger partial charge in [0.1, 0.15) is 22.7 Å². The number of hydrogen-bond donors (Lipinski definition) is 2. The number of carbonyl (C=O) groups is 2. The molecule has 0 atom stereocenters. The number of hydrogen-bond acceptors (Lipinski definition) is 7. The van der Waals surface area contributed by atoms with Gasteiger partial charge in [0.15, 0.2) is 0 Å². The van der Waals surface area contributed by atoms with Gasteiger partial charge in [0.25, 0.3) is 5.91 Å². The summed E-state index contributed by atoms with van der Waals surface area (Å²) in [5, 5.41) is 13.1. The third-order valence-corrected chi connectivity index (χ3v) is 4.40. The number of benzene rings is 2. The molecule has 0 radical (unpaired) electrons. The molecule has 0 spiro atoms. The average Bonchev–Trinajstić information content (AvgIpc) is 2.79. The molecule has 0 bridgehead atoms. The van der Waals surface area contributed by atoms with Gasteiger partial charge in [0, 0.05) is 17.6 Å². The molecule has 0 saturated heterocycles. The van der Waals surface area contributed by atoms with E-state index >= 15 is 0 Å². The topological polar surface area (TPSA) is 114 Å². The number of rotatable bonds is 4. The maximum atomic E-state index is 12.9. The Hall–Kier alpha value is -4.46. The van der Waals surface area contributed by atoms with E-state index in [4.69, 9.17) is 9.15 Å². The molecule has 2 aromatic heterocycles. The van der Waals surface area contributed by atoms with Crippen molar-refractivity contribution in [1.82, 2.24) is 4.98 Å². The highest BCUT2D eigenvalue weighted by molar-refractivity contribution is 6.05. The van der Waals surface area contributed by atoms with Crippen LogP contribution in [0.5, 0.6) is 5.75 Å². The lowest BCUT2D eigenvalue weighted by Crippen LogP contribution is -2.22. The summed E-state index contributed by atoms with van der Waals surface area (Å²) >= 11 is 0. The van der Waals surface area contributed by atoms with Crippen molar-refractivity contribution in [2.75, 3.05) is 12.4 Å². The first kappa shape index (κ1) is 19.8. The number of nitrogens with one attached hydrogen (secondary N) is 1. The van der Waals surface area contributed by atoms with Crippen molar-refractivity contribution in [2.24, 2.45) is 4.99 Å². The number of amides is 1. The summed E-state index contributed by atoms with van der Waals surface area (Å²) < 4.78 is 10.5. The highest BCUT2D eigenvalue weighted by Gasteiger charge is 2.14. The standard InChI is InChI=1S/C23H17N3O5/c1-30-23(29)14-5-8-16(9-6-14)25-22-18(21(28)26-20-4-2-3-11-24-20)12-15-7-10-17(27)13-19(15)31-22/h2-13,27H,1H3,(H,24,26,28). The van der Waals surface area contributed by atoms with Crippen LogP contribution in [0.4, 0.5) is 11.5 Å². The molecule has 2 N–H and O–H groups in total. The molecular formula is C23H17N3O5. The molecule has 8 heteroatoms. The van der Waals surface area contributed by atoms with Crippen LogP contribution in [0.1, 0.15) is 20.7 Å². The number of carbonyl (C=O) groups excluding carboxylic acids is 2. The quantitative estimate of drug-likeness (QED) is 0.490. The number of esters is 1. The van der Waals surface area contributed by atoms with Gasteiger partial charge < -0.3 is 19.6 Å². The number of anilines is 1. The Morgan fingerprint density at radius 1 is 1.06 bits per heavy atom. The molecule has 2 aromatic carbocycles. The van der Waals surface area contributed by atoms with Gasteiger partial charge in [-0.3, -0.25) is 4.79 Å². The lowest BCUT2D eigenvalue weighted by Gasteiger charge is -2.07. The average molecular weight is 415 g/mol. The molecule has 1 amide bonds. The lowest BCUT2D eigenvalue weighted by atomic mass is 10.1. The maximum absolute atomic E-state index is 12.9. The second kappa shape index (κ2) is 8.50. The van der Waals surface area contributed by atoms with E-state index in [2.05, 4.69) is 15.3 Å². The van der Waals surface area contributed by atoms with E-state index in [9.17, 15) is 14.7 Å². The summed E-state index contributed by atoms with van der Waals surface area (Å²) in [6, 6.07) is 17.7. The Kier molecular flexibility index (Phi) is 5.44. The van der Waals surface area contributed by atoms with Crippen LogP contribution in [0.25, 0.3) is 11.0 Å². The predicted molar refractivity (Wildman–Crippen MR) is 113 cm³/mol. The number of aromatic nitrogens is 1. The molecule has 0 unspecified atom stereocenters. The summed E-state index contributed by atoms with van der Waals surface area (Å²) in [7, 11) is 1.30. The van der Waals surface area contributed by atoms with Gasteiger partial charge in [-0.1, -0.05) is 6.07 Å². The highest BCUT2D eigenvalue weighted by atomic mass is 16.5. The van der Waals surface area contributed by atoms with Gasteiger partial charge in [-0.15, -0.1) is 0 Å². The van der Waals surface area contributed by atoms with E-state index in [0.29, 0.717) is 28.0 Å². The molecule has 2 heterocycles. The fraction of sp³-hybridized carbons (Fsp3) is 0.0435. The number of fused-ring (bicyclic) bond motifs is 1. The smallest absolute Gasteiger partial charge is 0.337 e. The van der Waals surface area contributed by atoms with Gasteiger partial charge in [0.05, 0.1) is 18.4 Å². The van der Waals surface area contributed by atoms with Gasteiger partial charge in [0.2, 0.25) is 5.55 Å². The predicted octanol–water partition coefficient (Wildman–Crippen LogP) is 3.80. The molecule has 154 valence electrons. The molecule has 0 saturated carbocycles. The first-order valence-corrected chi connectivity index (χ1v) is 9.26. The first-order valence-electron chi connectivity index (χ1n) is 9.26. The third-order valence-electron chi connectivity index (χ3n) is 4.40. The van der Waals surface area contributed by atoms with Crippen LogP contribution >= 0.6 is 0 Å². The summed E-state index contributed by atoms with van der Waals surface area (Å²) in [6.45, 7) is 0. The molecule has 4 rings (SSSR count). The van der Waals surface area contributed by atoms with Crippen LogP contribution in [0.3, 0.4) is 0 Å². The van der Waals surface area contributed by atoms with Crippen LogP contribution in [0, 0.1) is 0 Å². The largest absolute Gasteiger partial charge is 0.508 e. The van der Waals surface area contributed by atoms with E-state index in [0.717, 1.165) is 0 Å². The maximum Gasteiger partial charge on any atom is 0.337 e. The van der Waals surface area contributed by atoms with E-state index in [1.54, 1.807) is 60.8 Å². The molecule has 0 aliphatic carbocycles. The zero-order valence-corrected chi connectivity index (χ0v) is 16.4. The van der Waals surface area contributed by atoms with Crippen molar-refractivity contribution in [3.63, 3.8) is 0 Å². The van der Waals surface area contributed by atoms with E-state index in [-0.39, 0.29) is 16.9 Å². The van der Waals surface area contributed by atoms with Gasteiger partial charge in [-0.05, 0) is 54.6 Å². The summed E-state index contributed by atoms with van der Waals surface area (Å²) in [6.07, 6.45) is 1.57. The number of nitrogens with zero attached hydrogens (tertiary/aromatic N) is 2. The van der Waals surface area contributed by atoms with Crippen molar-refractivity contribution < 1.29 is 23.8 Å². The normalized spacial score (nSPS) is 11.3. The minimum Gasteiger partial charge on any atom is -0.508 e. The number of aromatic hydroxyl groups is 1. The molecule has 0 aliphatic heterocycles. The zero-order valence-electron chi connectivity index (χ0n) is 16.4. The van der Waals surface area contributed by atoms with Crippen molar-refractivity contribution in [2.45, 2.75) is 0 Å². The van der Waals surface area contributed by atoms with Gasteiger partial charge in [-0.25, -0.2) is 14.8 Å². The van der Waals surface area contributed by atoms with Crippen molar-refractivity contribution in [3.05, 3.63) is 89.6 Å². The molecule has 31 heavy (non-hydrogen) atoms. The van der Waals surface area contributed by atoms with Crippen molar-refractivity contribution in [3.8, 4) is 5.75 Å². The van der Waals surface area contributed by atoms with E-state index in [1.165, 1.54) is 19.2 Å². The number of phenolic OH excluding ortho intramolecular Hbond substituents is 1. The Morgan fingerprint density at radius 2 is 1.87 bits per heavy atom. The fourth-order valence-corrected chi connectivity index (χ4v) is 2.88. The number of phenols is 1. The second-order valence-corrected chi connectivity index (χ2v) is 6.51. The van der Waals surface area contributed by atoms with Crippen LogP contribution in [-0.2, 0) is 4.74 Å². The number of methoxy groups -OCH3 is 1. The number of pyridine rings is 1. The van der Waals surface area contributed by atoms with Gasteiger partial charge in [-0.2, -0.15) is 0 Å². The summed E-state index contributed by atoms with van der Waals surface area (Å²) in [5.74, 6) is -0.516. The zero-order chi connectivity index (χ0) is 21.8. The van der Waals surface area contributed by atoms with E-state index in [1.807, 2.05) is 0 Å². The molecule has 4 aromatic rings. The molecule has 0 fully saturated rings. The fourth-order valence-electron chi connectivity index (χ4n) is 2.88.